The van der Waals surface area contributed by atoms with Crippen molar-refractivity contribution in [1.29, 1.82) is 0 Å². The molecule has 27 heavy (non-hydrogen) atoms. The minimum Gasteiger partial charge on any atom is -0.389 e. The van der Waals surface area contributed by atoms with Gasteiger partial charge in [0.15, 0.2) is 0 Å². The minimum atomic E-state index is -0.841. The zero-order valence-corrected chi connectivity index (χ0v) is 15.4. The summed E-state index contributed by atoms with van der Waals surface area (Å²) in [4.78, 5) is 0. The summed E-state index contributed by atoms with van der Waals surface area (Å²) in [5, 5.41) is 15.3. The van der Waals surface area contributed by atoms with Gasteiger partial charge >= 0.3 is 0 Å². The third kappa shape index (κ3) is 4.12. The second-order valence-corrected chi connectivity index (χ2v) is 7.36. The normalized spacial score (nSPS) is 16.6. The van der Waals surface area contributed by atoms with E-state index in [1.807, 2.05) is 54.6 Å². The van der Waals surface area contributed by atoms with E-state index in [9.17, 15) is 5.11 Å². The summed E-state index contributed by atoms with van der Waals surface area (Å²) in [6.45, 7) is 0.750. The maximum atomic E-state index is 11.8. The van der Waals surface area contributed by atoms with Gasteiger partial charge in [0.1, 0.15) is 0 Å². The first-order valence-electron chi connectivity index (χ1n) is 9.54. The lowest BCUT2D eigenvalue weighted by atomic mass is 9.78. The van der Waals surface area contributed by atoms with E-state index in [-0.39, 0.29) is 5.92 Å². The van der Waals surface area contributed by atoms with Crippen molar-refractivity contribution in [3.8, 4) is 0 Å². The largest absolute Gasteiger partial charge is 0.389 e. The molecule has 3 aromatic rings. The van der Waals surface area contributed by atoms with Crippen LogP contribution in [0.2, 0.25) is 0 Å². The van der Waals surface area contributed by atoms with Crippen LogP contribution >= 0.6 is 0 Å². The predicted octanol–water partition coefficient (Wildman–Crippen LogP) is 4.46. The first-order chi connectivity index (χ1) is 13.2. The van der Waals surface area contributed by atoms with Gasteiger partial charge in [-0.25, -0.2) is 0 Å². The molecule has 3 aromatic carbocycles. The second kappa shape index (κ2) is 7.81. The Morgan fingerprint density at radius 3 is 1.74 bits per heavy atom. The zero-order valence-electron chi connectivity index (χ0n) is 15.4. The molecule has 0 fully saturated rings. The van der Waals surface area contributed by atoms with Gasteiger partial charge in [0, 0.05) is 31.0 Å². The van der Waals surface area contributed by atoms with E-state index < -0.39 is 5.60 Å². The van der Waals surface area contributed by atoms with Gasteiger partial charge in [-0.2, -0.15) is 0 Å². The molecule has 0 radical (unpaired) electrons. The second-order valence-electron chi connectivity index (χ2n) is 7.36. The van der Waals surface area contributed by atoms with Gasteiger partial charge in [-0.3, -0.25) is 0 Å². The molecule has 2 nitrogen and oxygen atoms in total. The molecule has 0 saturated carbocycles. The van der Waals surface area contributed by atoms with Gasteiger partial charge in [0.2, 0.25) is 0 Å². The number of hydrogen-bond donors (Lipinski definition) is 2. The smallest absolute Gasteiger partial charge is 0.0808 e. The molecule has 4 rings (SSSR count). The van der Waals surface area contributed by atoms with Crippen LogP contribution in [0.5, 0.6) is 0 Å². The van der Waals surface area contributed by atoms with Crippen LogP contribution in [0.4, 0.5) is 0 Å². The Kier molecular flexibility index (Phi) is 5.08. The van der Waals surface area contributed by atoms with Crippen LogP contribution in [0.3, 0.4) is 0 Å². The van der Waals surface area contributed by atoms with E-state index in [1.165, 1.54) is 5.56 Å². The predicted molar refractivity (Wildman–Crippen MR) is 111 cm³/mol. The summed E-state index contributed by atoms with van der Waals surface area (Å²) in [5.41, 5.74) is 3.77. The monoisotopic (exact) mass is 355 g/mol. The van der Waals surface area contributed by atoms with Crippen molar-refractivity contribution >= 4 is 5.70 Å². The number of benzene rings is 3. The van der Waals surface area contributed by atoms with Crippen molar-refractivity contribution in [2.24, 2.45) is 5.92 Å². The van der Waals surface area contributed by atoms with Gasteiger partial charge in [0.25, 0.3) is 0 Å². The molecule has 0 bridgehead atoms. The summed E-state index contributed by atoms with van der Waals surface area (Å²) < 4.78 is 0. The average Bonchev–Trinajstić information content (AvgIpc) is 3.21. The van der Waals surface area contributed by atoms with Crippen LogP contribution in [0.15, 0.2) is 97.1 Å². The van der Waals surface area contributed by atoms with Gasteiger partial charge in [-0.15, -0.1) is 0 Å². The van der Waals surface area contributed by atoms with Crippen molar-refractivity contribution < 1.29 is 5.11 Å². The van der Waals surface area contributed by atoms with Crippen LogP contribution in [0.25, 0.3) is 5.70 Å². The molecule has 1 heterocycles. The van der Waals surface area contributed by atoms with Crippen LogP contribution < -0.4 is 5.32 Å². The number of hydrogen-bond acceptors (Lipinski definition) is 2. The van der Waals surface area contributed by atoms with Crippen molar-refractivity contribution in [2.75, 3.05) is 6.54 Å². The highest BCUT2D eigenvalue weighted by Gasteiger charge is 2.38. The summed E-state index contributed by atoms with van der Waals surface area (Å²) in [7, 11) is 0. The molecule has 0 aromatic heterocycles. The van der Waals surface area contributed by atoms with Crippen molar-refractivity contribution in [3.63, 3.8) is 0 Å². The molecule has 0 aliphatic carbocycles. The van der Waals surface area contributed by atoms with Gasteiger partial charge in [-0.1, -0.05) is 97.1 Å². The summed E-state index contributed by atoms with van der Waals surface area (Å²) in [5.74, 6) is 0.0492. The van der Waals surface area contributed by atoms with Crippen LogP contribution in [0.1, 0.15) is 16.7 Å². The van der Waals surface area contributed by atoms with Gasteiger partial charge < -0.3 is 10.4 Å². The highest BCUT2D eigenvalue weighted by Crippen LogP contribution is 2.33. The van der Waals surface area contributed by atoms with E-state index in [2.05, 4.69) is 47.8 Å². The Morgan fingerprint density at radius 2 is 1.22 bits per heavy atom. The van der Waals surface area contributed by atoms with Gasteiger partial charge in [-0.05, 0) is 16.7 Å². The molecular formula is C25H25NO. The Hall–Kier alpha value is -2.84. The van der Waals surface area contributed by atoms with E-state index in [1.54, 1.807) is 0 Å². The number of nitrogens with one attached hydrogen (secondary N) is 1. The molecule has 1 aliphatic rings. The lowest BCUT2D eigenvalue weighted by Gasteiger charge is -2.33. The van der Waals surface area contributed by atoms with E-state index in [0.717, 1.165) is 23.4 Å². The lowest BCUT2D eigenvalue weighted by molar-refractivity contribution is 0.00386. The highest BCUT2D eigenvalue weighted by atomic mass is 16.3. The van der Waals surface area contributed by atoms with Crippen LogP contribution in [-0.4, -0.2) is 17.3 Å². The molecule has 1 aliphatic heterocycles. The fourth-order valence-electron chi connectivity index (χ4n) is 3.92. The number of rotatable bonds is 6. The zero-order chi connectivity index (χ0) is 18.5. The fraction of sp³-hybridized carbons (Fsp3) is 0.200. The molecule has 0 spiro atoms. The Morgan fingerprint density at radius 1 is 0.741 bits per heavy atom. The molecule has 1 atom stereocenters. The molecule has 0 saturated heterocycles. The van der Waals surface area contributed by atoms with Crippen LogP contribution in [0, 0.1) is 5.92 Å². The number of aliphatic hydroxyl groups is 1. The van der Waals surface area contributed by atoms with E-state index >= 15 is 0 Å². The average molecular weight is 355 g/mol. The third-order valence-electron chi connectivity index (χ3n) is 5.36. The molecule has 2 heteroatoms. The Bertz CT molecular complexity index is 846. The Labute approximate surface area is 161 Å². The quantitative estimate of drug-likeness (QED) is 0.684. The van der Waals surface area contributed by atoms with Crippen molar-refractivity contribution in [1.82, 2.24) is 5.32 Å². The standard InChI is InChI=1S/C25H25NO/c27-25(17-20-10-4-1-5-11-20,18-21-12-6-2-7-13-21)23-16-24(26-19-23)22-14-8-3-9-15-22/h1-16,23,26-27H,17-19H2/t23-/m0/s1. The maximum Gasteiger partial charge on any atom is 0.0808 e. The molecule has 2 N–H and O–H groups in total. The van der Waals surface area contributed by atoms with E-state index in [4.69, 9.17) is 0 Å². The summed E-state index contributed by atoms with van der Waals surface area (Å²) >= 11 is 0. The maximum absolute atomic E-state index is 11.8. The summed E-state index contributed by atoms with van der Waals surface area (Å²) in [6, 6.07) is 30.9. The van der Waals surface area contributed by atoms with Gasteiger partial charge in [0.05, 0.1) is 5.60 Å². The molecule has 136 valence electrons. The SMILES string of the molecule is OC(Cc1ccccc1)(Cc1ccccc1)[C@H]1C=C(c2ccccc2)NC1. The lowest BCUT2D eigenvalue weighted by Crippen LogP contribution is -2.43. The first kappa shape index (κ1) is 17.6. The fourth-order valence-corrected chi connectivity index (χ4v) is 3.92. The third-order valence-corrected chi connectivity index (χ3v) is 5.36. The van der Waals surface area contributed by atoms with Crippen molar-refractivity contribution in [3.05, 3.63) is 114 Å². The van der Waals surface area contributed by atoms with Crippen LogP contribution in [-0.2, 0) is 12.8 Å². The highest BCUT2D eigenvalue weighted by molar-refractivity contribution is 5.66. The minimum absolute atomic E-state index is 0.0492. The van der Waals surface area contributed by atoms with E-state index in [0.29, 0.717) is 12.8 Å². The topological polar surface area (TPSA) is 32.3 Å². The molecular weight excluding hydrogens is 330 g/mol. The van der Waals surface area contributed by atoms with Crippen molar-refractivity contribution in [2.45, 2.75) is 18.4 Å². The molecule has 0 unspecified atom stereocenters. The molecule has 0 amide bonds. The Balaban J connectivity index is 1.64. The first-order valence-corrected chi connectivity index (χ1v) is 9.54. The summed E-state index contributed by atoms with van der Waals surface area (Å²) in [6.07, 6.45) is 3.47.